The highest BCUT2D eigenvalue weighted by Crippen LogP contribution is 2.26. The molecule has 0 aliphatic rings. The second-order valence-electron chi connectivity index (χ2n) is 7.45. The van der Waals surface area contributed by atoms with Crippen LogP contribution in [0.3, 0.4) is 0 Å². The molecule has 3 aromatic rings. The van der Waals surface area contributed by atoms with Gasteiger partial charge in [0.1, 0.15) is 5.39 Å². The topological polar surface area (TPSA) is 52.7 Å². The van der Waals surface area contributed by atoms with Gasteiger partial charge in [-0.1, -0.05) is 44.7 Å². The summed E-state index contributed by atoms with van der Waals surface area (Å²) < 4.78 is 3.68. The van der Waals surface area contributed by atoms with Gasteiger partial charge in [0.25, 0.3) is 5.56 Å². The van der Waals surface area contributed by atoms with Crippen LogP contribution in [0.2, 0.25) is 0 Å². The normalized spacial score (nSPS) is 12.3. The smallest absolute Gasteiger partial charge is 0.267 e. The van der Waals surface area contributed by atoms with Crippen LogP contribution in [0.4, 0.5) is 0 Å². The van der Waals surface area contributed by atoms with Crippen LogP contribution >= 0.6 is 11.8 Å². The number of rotatable bonds is 3. The molecule has 25 heavy (non-hydrogen) atoms. The summed E-state index contributed by atoms with van der Waals surface area (Å²) in [5.74, 6) is 0. The highest BCUT2D eigenvalue weighted by Gasteiger charge is 2.20. The van der Waals surface area contributed by atoms with Crippen molar-refractivity contribution in [2.45, 2.75) is 51.2 Å². The van der Waals surface area contributed by atoms with Gasteiger partial charge in [-0.25, -0.2) is 19.3 Å². The van der Waals surface area contributed by atoms with Crippen LogP contribution in [0.25, 0.3) is 16.7 Å². The molecule has 0 spiro atoms. The van der Waals surface area contributed by atoms with E-state index in [1.54, 1.807) is 10.9 Å². The molecule has 3 rings (SSSR count). The van der Waals surface area contributed by atoms with Gasteiger partial charge in [0.2, 0.25) is 0 Å². The van der Waals surface area contributed by atoms with Crippen LogP contribution in [0.1, 0.15) is 46.2 Å². The Bertz CT molecular complexity index is 979. The molecule has 132 valence electrons. The number of hydrogen-bond acceptors (Lipinski definition) is 4. The first-order chi connectivity index (χ1) is 11.7. The molecule has 0 bridgehead atoms. The predicted octanol–water partition coefficient (Wildman–Crippen LogP) is 4.18. The Balaban J connectivity index is 2.38. The molecule has 6 heteroatoms. The van der Waals surface area contributed by atoms with Gasteiger partial charge >= 0.3 is 0 Å². The van der Waals surface area contributed by atoms with Gasteiger partial charge in [0.15, 0.2) is 10.8 Å². The molecule has 0 amide bonds. The van der Waals surface area contributed by atoms with Crippen LogP contribution in [0, 0.1) is 0 Å². The summed E-state index contributed by atoms with van der Waals surface area (Å²) in [6, 6.07) is 8.33. The molecule has 0 saturated heterocycles. The van der Waals surface area contributed by atoms with Crippen LogP contribution in [0.15, 0.2) is 40.4 Å². The van der Waals surface area contributed by atoms with Crippen molar-refractivity contribution in [1.82, 2.24) is 19.3 Å². The summed E-state index contributed by atoms with van der Waals surface area (Å²) in [5.41, 5.74) is 2.79. The zero-order chi connectivity index (χ0) is 18.4. The molecule has 0 aliphatic carbocycles. The second kappa shape index (κ2) is 6.33. The fourth-order valence-electron chi connectivity index (χ4n) is 2.90. The van der Waals surface area contributed by atoms with Crippen molar-refractivity contribution >= 4 is 22.8 Å². The van der Waals surface area contributed by atoms with Crippen LogP contribution in [-0.4, -0.2) is 25.6 Å². The Hall–Kier alpha value is -2.08. The predicted molar refractivity (Wildman–Crippen MR) is 104 cm³/mol. The Morgan fingerprint density at radius 2 is 1.92 bits per heavy atom. The lowest BCUT2D eigenvalue weighted by atomic mass is 9.87. The van der Waals surface area contributed by atoms with E-state index in [9.17, 15) is 4.79 Å². The monoisotopic (exact) mass is 356 g/mol. The highest BCUT2D eigenvalue weighted by molar-refractivity contribution is 7.98. The van der Waals surface area contributed by atoms with E-state index in [0.717, 1.165) is 5.69 Å². The van der Waals surface area contributed by atoms with E-state index in [2.05, 4.69) is 42.9 Å². The summed E-state index contributed by atoms with van der Waals surface area (Å²) in [6.07, 6.45) is 3.57. The molecule has 2 aromatic heterocycles. The van der Waals surface area contributed by atoms with Crippen LogP contribution in [0.5, 0.6) is 0 Å². The lowest BCUT2D eigenvalue weighted by Gasteiger charge is -2.21. The molecule has 0 radical (unpaired) electrons. The number of benzene rings is 1. The standard InChI is InChI=1S/C19H24N4OS/c1-12(2)22-17(24)15-11-20-18(25-6)21-16(15)23(22)14-9-7-8-13(10-14)19(3,4)5/h7-12H,1-6H3. The van der Waals surface area contributed by atoms with Crippen LogP contribution < -0.4 is 5.56 Å². The molecule has 0 unspecified atom stereocenters. The summed E-state index contributed by atoms with van der Waals surface area (Å²) in [4.78, 5) is 21.8. The largest absolute Gasteiger partial charge is 0.278 e. The van der Waals surface area contributed by atoms with Gasteiger partial charge in [0.05, 0.1) is 5.69 Å². The summed E-state index contributed by atoms with van der Waals surface area (Å²) in [6.45, 7) is 10.6. The van der Waals surface area contributed by atoms with Crippen molar-refractivity contribution in [3.05, 3.63) is 46.4 Å². The van der Waals surface area contributed by atoms with Gasteiger partial charge in [-0.05, 0) is 43.2 Å². The molecule has 0 atom stereocenters. The molecular formula is C19H24N4OS. The second-order valence-corrected chi connectivity index (χ2v) is 8.22. The van der Waals surface area contributed by atoms with Crippen molar-refractivity contribution in [2.75, 3.05) is 6.26 Å². The first-order valence-corrected chi connectivity index (χ1v) is 9.61. The minimum atomic E-state index is -0.0567. The maximum Gasteiger partial charge on any atom is 0.278 e. The van der Waals surface area contributed by atoms with Gasteiger partial charge < -0.3 is 0 Å². The summed E-state index contributed by atoms with van der Waals surface area (Å²) in [5, 5.41) is 1.21. The third-order valence-corrected chi connectivity index (χ3v) is 4.79. The van der Waals surface area contributed by atoms with E-state index in [0.29, 0.717) is 16.2 Å². The van der Waals surface area contributed by atoms with E-state index in [4.69, 9.17) is 0 Å². The van der Waals surface area contributed by atoms with E-state index in [-0.39, 0.29) is 17.0 Å². The van der Waals surface area contributed by atoms with Gasteiger partial charge in [-0.15, -0.1) is 0 Å². The average molecular weight is 356 g/mol. The first-order valence-electron chi connectivity index (χ1n) is 8.39. The molecule has 0 N–H and O–H groups in total. The zero-order valence-electron chi connectivity index (χ0n) is 15.6. The Kier molecular flexibility index (Phi) is 4.49. The average Bonchev–Trinajstić information content (AvgIpc) is 2.86. The Morgan fingerprint density at radius 1 is 1.20 bits per heavy atom. The minimum Gasteiger partial charge on any atom is -0.267 e. The van der Waals surface area contributed by atoms with E-state index < -0.39 is 0 Å². The number of nitrogens with zero attached hydrogens (tertiary/aromatic N) is 4. The van der Waals surface area contributed by atoms with Gasteiger partial charge in [-0.2, -0.15) is 0 Å². The van der Waals surface area contributed by atoms with Crippen LogP contribution in [-0.2, 0) is 5.41 Å². The lowest BCUT2D eigenvalue weighted by molar-refractivity contribution is 0.475. The quantitative estimate of drug-likeness (QED) is 0.522. The number of hydrogen-bond donors (Lipinski definition) is 0. The van der Waals surface area contributed by atoms with Crippen molar-refractivity contribution in [2.24, 2.45) is 0 Å². The summed E-state index contributed by atoms with van der Waals surface area (Å²) >= 11 is 1.47. The van der Waals surface area contributed by atoms with Crippen molar-refractivity contribution in [1.29, 1.82) is 0 Å². The molecule has 0 aliphatic heterocycles. The number of fused-ring (bicyclic) bond motifs is 1. The van der Waals surface area contributed by atoms with E-state index in [1.807, 2.05) is 36.9 Å². The highest BCUT2D eigenvalue weighted by atomic mass is 32.2. The lowest BCUT2D eigenvalue weighted by Crippen LogP contribution is -2.24. The fourth-order valence-corrected chi connectivity index (χ4v) is 3.24. The van der Waals surface area contributed by atoms with E-state index >= 15 is 0 Å². The van der Waals surface area contributed by atoms with Crippen molar-refractivity contribution in [3.8, 4) is 5.69 Å². The molecule has 0 saturated carbocycles. The number of aromatic nitrogens is 4. The molecule has 5 nitrogen and oxygen atoms in total. The third kappa shape index (κ3) is 3.11. The zero-order valence-corrected chi connectivity index (χ0v) is 16.4. The fraction of sp³-hybridized carbons (Fsp3) is 0.421. The summed E-state index contributed by atoms with van der Waals surface area (Å²) in [7, 11) is 0. The first kappa shape index (κ1) is 17.7. The maximum absolute atomic E-state index is 12.9. The minimum absolute atomic E-state index is 0.0118. The Labute approximate surface area is 152 Å². The number of thioether (sulfide) groups is 1. The maximum atomic E-state index is 12.9. The Morgan fingerprint density at radius 3 is 2.52 bits per heavy atom. The van der Waals surface area contributed by atoms with Gasteiger partial charge in [0, 0.05) is 12.2 Å². The van der Waals surface area contributed by atoms with Crippen molar-refractivity contribution < 1.29 is 0 Å². The third-order valence-electron chi connectivity index (χ3n) is 4.23. The molecule has 2 heterocycles. The van der Waals surface area contributed by atoms with Crippen molar-refractivity contribution in [3.63, 3.8) is 0 Å². The van der Waals surface area contributed by atoms with E-state index in [1.165, 1.54) is 17.3 Å². The van der Waals surface area contributed by atoms with Gasteiger partial charge in [-0.3, -0.25) is 4.79 Å². The molecule has 1 aromatic carbocycles. The SMILES string of the molecule is CSc1ncc2c(=O)n(C(C)C)n(-c3cccc(C(C)(C)C)c3)c2n1. The molecular weight excluding hydrogens is 332 g/mol. The molecule has 0 fully saturated rings.